The summed E-state index contributed by atoms with van der Waals surface area (Å²) in [7, 11) is 0. The second-order valence-corrected chi connectivity index (χ2v) is 4.73. The van der Waals surface area contributed by atoms with Gasteiger partial charge in [-0.2, -0.15) is 5.26 Å². The van der Waals surface area contributed by atoms with Crippen LogP contribution in [0.15, 0.2) is 0 Å². The summed E-state index contributed by atoms with van der Waals surface area (Å²) < 4.78 is 0. The first-order valence-electron chi connectivity index (χ1n) is 6.37. The van der Waals surface area contributed by atoms with E-state index in [1.165, 1.54) is 0 Å². The lowest BCUT2D eigenvalue weighted by atomic mass is 10.1. The lowest BCUT2D eigenvalue weighted by Gasteiger charge is -2.31. The summed E-state index contributed by atoms with van der Waals surface area (Å²) in [6.45, 7) is 10.7. The summed E-state index contributed by atoms with van der Waals surface area (Å²) in [6.07, 6.45) is 1.39. The molecule has 0 heterocycles. The zero-order chi connectivity index (χ0) is 13.4. The molecule has 17 heavy (non-hydrogen) atoms. The van der Waals surface area contributed by atoms with Gasteiger partial charge in [-0.1, -0.05) is 6.92 Å². The van der Waals surface area contributed by atoms with Crippen LogP contribution in [0.2, 0.25) is 0 Å². The Morgan fingerprint density at radius 2 is 1.94 bits per heavy atom. The van der Waals surface area contributed by atoms with E-state index >= 15 is 0 Å². The Balaban J connectivity index is 4.44. The maximum atomic E-state index is 12.0. The summed E-state index contributed by atoms with van der Waals surface area (Å²) in [5.74, 6) is 0.0472. The summed E-state index contributed by atoms with van der Waals surface area (Å²) in [6, 6.07) is 2.41. The van der Waals surface area contributed by atoms with Gasteiger partial charge in [0.05, 0.1) is 12.1 Å². The average Bonchev–Trinajstić information content (AvgIpc) is 2.28. The van der Waals surface area contributed by atoms with Crippen molar-refractivity contribution in [2.45, 2.75) is 65.6 Å². The zero-order valence-corrected chi connectivity index (χ0v) is 11.7. The van der Waals surface area contributed by atoms with Gasteiger partial charge in [0.2, 0.25) is 5.91 Å². The third-order valence-corrected chi connectivity index (χ3v) is 3.02. The second kappa shape index (κ2) is 8.08. The molecule has 0 saturated heterocycles. The molecule has 0 aliphatic carbocycles. The third-order valence-electron chi connectivity index (χ3n) is 3.02. The molecule has 1 amide bonds. The van der Waals surface area contributed by atoms with E-state index in [9.17, 15) is 4.79 Å². The Bertz CT molecular complexity index is 270. The highest BCUT2D eigenvalue weighted by molar-refractivity contribution is 5.81. The van der Waals surface area contributed by atoms with E-state index in [-0.39, 0.29) is 24.0 Å². The Kier molecular flexibility index (Phi) is 7.56. The van der Waals surface area contributed by atoms with Crippen LogP contribution in [0.5, 0.6) is 0 Å². The number of carbonyl (C=O) groups excluding carboxylic acids is 1. The molecule has 0 aliphatic heterocycles. The Morgan fingerprint density at radius 1 is 1.35 bits per heavy atom. The van der Waals surface area contributed by atoms with Crippen molar-refractivity contribution >= 4 is 5.91 Å². The molecule has 0 spiro atoms. The lowest BCUT2D eigenvalue weighted by molar-refractivity contribution is -0.127. The Hall–Kier alpha value is -1.08. The molecule has 0 aromatic rings. The number of nitrogens with zero attached hydrogens (tertiary/aromatic N) is 2. The molecule has 0 radical (unpaired) electrons. The van der Waals surface area contributed by atoms with Crippen LogP contribution in [-0.2, 0) is 4.79 Å². The average molecular weight is 239 g/mol. The van der Waals surface area contributed by atoms with Crippen molar-refractivity contribution in [3.8, 4) is 6.07 Å². The molecule has 4 heteroatoms. The zero-order valence-electron chi connectivity index (χ0n) is 11.7. The van der Waals surface area contributed by atoms with E-state index < -0.39 is 0 Å². The number of carbonyl (C=O) groups is 1. The van der Waals surface area contributed by atoms with Gasteiger partial charge in [0.25, 0.3) is 0 Å². The minimum atomic E-state index is -0.183. The molecule has 0 rings (SSSR count). The summed E-state index contributed by atoms with van der Waals surface area (Å²) >= 11 is 0. The van der Waals surface area contributed by atoms with Crippen LogP contribution in [0.25, 0.3) is 0 Å². The van der Waals surface area contributed by atoms with Gasteiger partial charge in [-0.25, -0.2) is 0 Å². The maximum absolute atomic E-state index is 12.0. The van der Waals surface area contributed by atoms with Crippen molar-refractivity contribution in [2.75, 3.05) is 6.54 Å². The lowest BCUT2D eigenvalue weighted by Crippen LogP contribution is -2.50. The molecule has 4 nitrogen and oxygen atoms in total. The molecule has 1 N–H and O–H groups in total. The molecular formula is C13H25N3O. The minimum Gasteiger partial charge on any atom is -0.352 e. The van der Waals surface area contributed by atoms with Gasteiger partial charge in [-0.3, -0.25) is 9.69 Å². The van der Waals surface area contributed by atoms with E-state index in [0.29, 0.717) is 13.0 Å². The highest BCUT2D eigenvalue weighted by Gasteiger charge is 2.23. The fourth-order valence-corrected chi connectivity index (χ4v) is 1.69. The van der Waals surface area contributed by atoms with E-state index in [0.717, 1.165) is 6.42 Å². The van der Waals surface area contributed by atoms with Crippen LogP contribution in [-0.4, -0.2) is 35.5 Å². The highest BCUT2D eigenvalue weighted by Crippen LogP contribution is 2.07. The van der Waals surface area contributed by atoms with Crippen LogP contribution in [0.1, 0.15) is 47.5 Å². The van der Waals surface area contributed by atoms with E-state index in [4.69, 9.17) is 5.26 Å². The van der Waals surface area contributed by atoms with Gasteiger partial charge in [0.1, 0.15) is 0 Å². The summed E-state index contributed by atoms with van der Waals surface area (Å²) in [5, 5.41) is 11.6. The molecule has 2 atom stereocenters. The molecule has 0 fully saturated rings. The monoisotopic (exact) mass is 239 g/mol. The number of hydrogen-bond donors (Lipinski definition) is 1. The van der Waals surface area contributed by atoms with Crippen molar-refractivity contribution in [1.29, 1.82) is 5.26 Å². The van der Waals surface area contributed by atoms with E-state index in [2.05, 4.69) is 16.3 Å². The van der Waals surface area contributed by atoms with E-state index in [1.807, 2.05) is 34.6 Å². The number of nitrogens with one attached hydrogen (secondary N) is 1. The second-order valence-electron chi connectivity index (χ2n) is 4.73. The number of nitriles is 1. The van der Waals surface area contributed by atoms with Gasteiger partial charge >= 0.3 is 0 Å². The molecule has 0 aromatic heterocycles. The van der Waals surface area contributed by atoms with Crippen LogP contribution in [0, 0.1) is 11.3 Å². The first kappa shape index (κ1) is 15.9. The number of rotatable bonds is 7. The van der Waals surface area contributed by atoms with Crippen molar-refractivity contribution in [3.63, 3.8) is 0 Å². The van der Waals surface area contributed by atoms with Crippen molar-refractivity contribution in [3.05, 3.63) is 0 Å². The van der Waals surface area contributed by atoms with E-state index in [1.54, 1.807) is 0 Å². The molecule has 0 bridgehead atoms. The standard InChI is InChI=1S/C13H25N3O/c1-6-11(4)15-13(17)12(5)16(10(2)3)9-7-8-14/h10-12H,6-7,9H2,1-5H3,(H,15,17). The first-order chi connectivity index (χ1) is 7.93. The number of hydrogen-bond acceptors (Lipinski definition) is 3. The number of amides is 1. The quantitative estimate of drug-likeness (QED) is 0.738. The van der Waals surface area contributed by atoms with Crippen molar-refractivity contribution < 1.29 is 4.79 Å². The molecule has 0 aromatic carbocycles. The molecule has 0 aliphatic rings. The van der Waals surface area contributed by atoms with Crippen molar-refractivity contribution in [2.24, 2.45) is 0 Å². The maximum Gasteiger partial charge on any atom is 0.237 e. The molecule has 2 unspecified atom stereocenters. The highest BCUT2D eigenvalue weighted by atomic mass is 16.2. The van der Waals surface area contributed by atoms with Crippen LogP contribution in [0.3, 0.4) is 0 Å². The Morgan fingerprint density at radius 3 is 2.35 bits per heavy atom. The van der Waals surface area contributed by atoms with Gasteiger partial charge < -0.3 is 5.32 Å². The third kappa shape index (κ3) is 5.69. The van der Waals surface area contributed by atoms with Crippen LogP contribution < -0.4 is 5.32 Å². The van der Waals surface area contributed by atoms with Gasteiger partial charge in [-0.05, 0) is 34.1 Å². The van der Waals surface area contributed by atoms with Crippen LogP contribution in [0.4, 0.5) is 0 Å². The minimum absolute atomic E-state index is 0.0472. The molecular weight excluding hydrogens is 214 g/mol. The SMILES string of the molecule is CCC(C)NC(=O)C(C)N(CCC#N)C(C)C. The fourth-order valence-electron chi connectivity index (χ4n) is 1.69. The summed E-state index contributed by atoms with van der Waals surface area (Å²) in [4.78, 5) is 14.0. The van der Waals surface area contributed by atoms with Gasteiger partial charge in [0.15, 0.2) is 0 Å². The largest absolute Gasteiger partial charge is 0.352 e. The molecule has 0 saturated carbocycles. The summed E-state index contributed by atoms with van der Waals surface area (Å²) in [5.41, 5.74) is 0. The normalized spacial score (nSPS) is 14.5. The topological polar surface area (TPSA) is 56.1 Å². The predicted octanol–water partition coefficient (Wildman–Crippen LogP) is 1.91. The smallest absolute Gasteiger partial charge is 0.237 e. The van der Waals surface area contributed by atoms with Crippen molar-refractivity contribution in [1.82, 2.24) is 10.2 Å². The first-order valence-corrected chi connectivity index (χ1v) is 6.37. The van der Waals surface area contributed by atoms with Crippen LogP contribution >= 0.6 is 0 Å². The van der Waals surface area contributed by atoms with Gasteiger partial charge in [0, 0.05) is 25.0 Å². The molecule has 98 valence electrons. The fraction of sp³-hybridized carbons (Fsp3) is 0.846. The van der Waals surface area contributed by atoms with Gasteiger partial charge in [-0.15, -0.1) is 0 Å². The predicted molar refractivity (Wildman–Crippen MR) is 69.4 cm³/mol. The Labute approximate surface area is 105 Å².